The molecule has 9 nitrogen and oxygen atoms in total. The van der Waals surface area contributed by atoms with Crippen LogP contribution < -0.4 is 15.5 Å². The van der Waals surface area contributed by atoms with Gasteiger partial charge in [0.1, 0.15) is 5.82 Å². The summed E-state index contributed by atoms with van der Waals surface area (Å²) < 4.78 is 18.7. The molecule has 5 rings (SSSR count). The number of carbonyl (C=O) groups is 3. The highest BCUT2D eigenvalue weighted by atomic mass is 19.1. The van der Waals surface area contributed by atoms with Crippen LogP contribution in [0, 0.1) is 5.82 Å². The molecule has 2 N–H and O–H groups in total. The maximum Gasteiger partial charge on any atom is 0.309 e. The minimum absolute atomic E-state index is 0.0154. The molecule has 2 heterocycles. The number of hydrogen-bond acceptors (Lipinski definition) is 7. The second kappa shape index (κ2) is 12.5. The highest BCUT2D eigenvalue weighted by molar-refractivity contribution is 6.37. The first kappa shape index (κ1) is 29.0. The predicted octanol–water partition coefficient (Wildman–Crippen LogP) is 3.68. The molecule has 0 saturated carbocycles. The summed E-state index contributed by atoms with van der Waals surface area (Å²) in [7, 11) is 5.19. The van der Waals surface area contributed by atoms with Gasteiger partial charge in [0.15, 0.2) is 0 Å². The molecule has 3 aromatic rings. The van der Waals surface area contributed by atoms with E-state index in [-0.39, 0.29) is 24.2 Å². The topological polar surface area (TPSA) is 94.2 Å². The normalized spacial score (nSPS) is 16.4. The second-order valence-electron chi connectivity index (χ2n) is 10.5. The van der Waals surface area contributed by atoms with Crippen LogP contribution in [0.3, 0.4) is 0 Å². The molecule has 0 atom stereocenters. The average molecular weight is 572 g/mol. The number of esters is 1. The van der Waals surface area contributed by atoms with Gasteiger partial charge >= 0.3 is 5.97 Å². The van der Waals surface area contributed by atoms with Gasteiger partial charge in [-0.15, -0.1) is 0 Å². The van der Waals surface area contributed by atoms with Gasteiger partial charge < -0.3 is 25.2 Å². The lowest BCUT2D eigenvalue weighted by molar-refractivity contribution is -0.139. The number of hydrogen-bond donors (Lipinski definition) is 2. The van der Waals surface area contributed by atoms with Crippen molar-refractivity contribution in [2.24, 2.45) is 0 Å². The van der Waals surface area contributed by atoms with Crippen molar-refractivity contribution in [3.8, 4) is 0 Å². The number of nitrogens with one attached hydrogen (secondary N) is 2. The molecule has 0 radical (unpaired) electrons. The van der Waals surface area contributed by atoms with Crippen LogP contribution in [0.25, 0.3) is 11.3 Å². The smallest absolute Gasteiger partial charge is 0.309 e. The Morgan fingerprint density at radius 2 is 1.69 bits per heavy atom. The van der Waals surface area contributed by atoms with E-state index in [0.29, 0.717) is 40.3 Å². The molecule has 1 saturated heterocycles. The van der Waals surface area contributed by atoms with Crippen molar-refractivity contribution in [3.63, 3.8) is 0 Å². The average Bonchev–Trinajstić information content (AvgIpc) is 3.31. The van der Waals surface area contributed by atoms with Gasteiger partial charge in [-0.05, 0) is 60.6 Å². The Kier molecular flexibility index (Phi) is 8.65. The Labute approximate surface area is 244 Å². The number of piperazine rings is 1. The minimum Gasteiger partial charge on any atom is -0.469 e. The first-order valence-corrected chi connectivity index (χ1v) is 13.8. The second-order valence-corrected chi connectivity index (χ2v) is 10.5. The van der Waals surface area contributed by atoms with Crippen LogP contribution in [0.15, 0.2) is 66.7 Å². The fourth-order valence-electron chi connectivity index (χ4n) is 5.06. The zero-order chi connectivity index (χ0) is 29.8. The van der Waals surface area contributed by atoms with Crippen LogP contribution in [0.5, 0.6) is 0 Å². The van der Waals surface area contributed by atoms with Gasteiger partial charge in [0.05, 0.1) is 37.0 Å². The van der Waals surface area contributed by atoms with Crippen molar-refractivity contribution in [2.45, 2.75) is 6.42 Å². The van der Waals surface area contributed by atoms with Crippen molar-refractivity contribution in [1.82, 2.24) is 9.80 Å². The maximum atomic E-state index is 13.9. The number of anilines is 3. The third-order valence-corrected chi connectivity index (χ3v) is 7.65. The monoisotopic (exact) mass is 571 g/mol. The molecule has 0 spiro atoms. The molecule has 0 bridgehead atoms. The predicted molar refractivity (Wildman–Crippen MR) is 161 cm³/mol. The fourth-order valence-corrected chi connectivity index (χ4v) is 5.06. The van der Waals surface area contributed by atoms with E-state index in [1.807, 2.05) is 36.4 Å². The number of amides is 2. The molecular formula is C32H34FN5O4. The molecule has 2 aliphatic rings. The van der Waals surface area contributed by atoms with Gasteiger partial charge in [0, 0.05) is 50.2 Å². The Balaban J connectivity index is 1.40. The summed E-state index contributed by atoms with van der Waals surface area (Å²) in [6, 6.07) is 18.8. The molecule has 3 aromatic carbocycles. The van der Waals surface area contributed by atoms with Gasteiger partial charge in [-0.3, -0.25) is 19.3 Å². The number of likely N-dealkylation sites (N-methyl/N-ethyl adjacent to an activating group) is 2. The molecule has 0 aliphatic carbocycles. The number of fused-ring (bicyclic) bond motifs is 1. The van der Waals surface area contributed by atoms with Crippen LogP contribution >= 0.6 is 0 Å². The van der Waals surface area contributed by atoms with Crippen LogP contribution in [-0.4, -0.2) is 81.5 Å². The van der Waals surface area contributed by atoms with E-state index in [2.05, 4.69) is 27.5 Å². The molecule has 0 aromatic heterocycles. The van der Waals surface area contributed by atoms with Crippen molar-refractivity contribution in [3.05, 3.63) is 89.2 Å². The molecule has 1 fully saturated rings. The van der Waals surface area contributed by atoms with Crippen molar-refractivity contribution >= 4 is 46.1 Å². The van der Waals surface area contributed by atoms with Gasteiger partial charge in [-0.2, -0.15) is 0 Å². The number of nitrogens with zero attached hydrogens (tertiary/aromatic N) is 3. The third-order valence-electron chi connectivity index (χ3n) is 7.65. The quantitative estimate of drug-likeness (QED) is 0.315. The third kappa shape index (κ3) is 6.50. The highest BCUT2D eigenvalue weighted by Gasteiger charge is 2.29. The molecule has 218 valence electrons. The van der Waals surface area contributed by atoms with Gasteiger partial charge in [0.25, 0.3) is 5.91 Å². The number of rotatable bonds is 8. The Morgan fingerprint density at radius 3 is 2.36 bits per heavy atom. The lowest BCUT2D eigenvalue weighted by atomic mass is 9.98. The van der Waals surface area contributed by atoms with Crippen LogP contribution in [0.1, 0.15) is 16.7 Å². The molecule has 42 heavy (non-hydrogen) atoms. The van der Waals surface area contributed by atoms with Crippen molar-refractivity contribution < 1.29 is 23.5 Å². The minimum atomic E-state index is -0.446. The molecule has 2 amide bonds. The van der Waals surface area contributed by atoms with Crippen LogP contribution in [0.4, 0.5) is 21.5 Å². The van der Waals surface area contributed by atoms with Crippen LogP contribution in [0.2, 0.25) is 0 Å². The number of ether oxygens (including phenoxy) is 1. The summed E-state index contributed by atoms with van der Waals surface area (Å²) in [5.74, 6) is -1.14. The number of carbonyl (C=O) groups excluding carboxylic acids is 3. The number of benzene rings is 3. The van der Waals surface area contributed by atoms with Crippen molar-refractivity contribution in [1.29, 1.82) is 0 Å². The Morgan fingerprint density at radius 1 is 1.00 bits per heavy atom. The van der Waals surface area contributed by atoms with E-state index in [9.17, 15) is 18.8 Å². The molecule has 2 aliphatic heterocycles. The van der Waals surface area contributed by atoms with E-state index < -0.39 is 5.82 Å². The molecule has 0 unspecified atom stereocenters. The molecular weight excluding hydrogens is 537 g/mol. The van der Waals surface area contributed by atoms with Crippen LogP contribution in [-0.2, 0) is 25.5 Å². The van der Waals surface area contributed by atoms with Gasteiger partial charge in [0.2, 0.25) is 5.91 Å². The molecule has 10 heteroatoms. The summed E-state index contributed by atoms with van der Waals surface area (Å²) >= 11 is 0. The van der Waals surface area contributed by atoms with Crippen molar-refractivity contribution in [2.75, 3.05) is 69.5 Å². The standard InChI is InChI=1S/C32H34FN5O4/c1-36-14-16-38(17-15-36)20-28(39)37(2)25-11-9-24(10-12-25)34-31(22-6-4-21(5-7-22)18-29(40)42-3)30-26-13-8-23(33)19-27(26)35-32(30)41/h4-13,19,34H,14-18,20H2,1-3H3,(H,35,41). The lowest BCUT2D eigenvalue weighted by Gasteiger charge is -2.32. The summed E-state index contributed by atoms with van der Waals surface area (Å²) in [5, 5.41) is 6.13. The maximum absolute atomic E-state index is 13.9. The largest absolute Gasteiger partial charge is 0.469 e. The van der Waals surface area contributed by atoms with E-state index in [0.717, 1.165) is 37.4 Å². The first-order chi connectivity index (χ1) is 20.2. The lowest BCUT2D eigenvalue weighted by Crippen LogP contribution is -2.48. The Hall–Kier alpha value is -4.54. The van der Waals surface area contributed by atoms with Gasteiger partial charge in [-0.1, -0.05) is 24.3 Å². The highest BCUT2D eigenvalue weighted by Crippen LogP contribution is 2.38. The van der Waals surface area contributed by atoms with E-state index in [1.165, 1.54) is 19.2 Å². The van der Waals surface area contributed by atoms with E-state index in [4.69, 9.17) is 4.74 Å². The fraction of sp³-hybridized carbons (Fsp3) is 0.281. The SMILES string of the molecule is COC(=O)Cc1ccc(C(Nc2ccc(N(C)C(=O)CN3CCN(C)CC3)cc2)=C2C(=O)Nc3cc(F)ccc32)cc1. The number of methoxy groups -OCH3 is 1. The summed E-state index contributed by atoms with van der Waals surface area (Å²) in [6.45, 7) is 3.98. The first-order valence-electron chi connectivity index (χ1n) is 13.8. The van der Waals surface area contributed by atoms with E-state index in [1.54, 1.807) is 30.1 Å². The summed E-state index contributed by atoms with van der Waals surface area (Å²) in [6.07, 6.45) is 0.126. The van der Waals surface area contributed by atoms with E-state index >= 15 is 0 Å². The zero-order valence-electron chi connectivity index (χ0n) is 23.9. The summed E-state index contributed by atoms with van der Waals surface area (Å²) in [5.41, 5.74) is 4.78. The van der Waals surface area contributed by atoms with Gasteiger partial charge in [-0.25, -0.2) is 4.39 Å². The summed E-state index contributed by atoms with van der Waals surface area (Å²) in [4.78, 5) is 43.9. The number of halogens is 1. The zero-order valence-corrected chi connectivity index (χ0v) is 23.9. The Bertz CT molecular complexity index is 1510.